The molecule has 6 heteroatoms. The minimum absolute atomic E-state index is 0.0441. The predicted octanol–water partition coefficient (Wildman–Crippen LogP) is 6.86. The molecule has 1 saturated carbocycles. The molecule has 0 spiro atoms. The van der Waals surface area contributed by atoms with Gasteiger partial charge in [0.2, 0.25) is 5.91 Å². The fraction of sp³-hybridized carbons (Fsp3) is 0.312. The molecule has 0 bridgehead atoms. The van der Waals surface area contributed by atoms with E-state index in [-0.39, 0.29) is 24.2 Å². The molecule has 0 radical (unpaired) electrons. The van der Waals surface area contributed by atoms with Crippen molar-refractivity contribution in [3.05, 3.63) is 89.8 Å². The number of hydrogen-bond acceptors (Lipinski definition) is 4. The van der Waals surface area contributed by atoms with E-state index < -0.39 is 5.97 Å². The number of benzene rings is 3. The molecule has 38 heavy (non-hydrogen) atoms. The number of esters is 1. The molecule has 0 unspecified atom stereocenters. The third kappa shape index (κ3) is 6.68. The topological polar surface area (TPSA) is 49.9 Å². The number of nitrogens with zero attached hydrogens (tertiary/aromatic N) is 2. The van der Waals surface area contributed by atoms with Crippen LogP contribution in [0.4, 0.5) is 15.8 Å². The Balaban J connectivity index is 1.62. The summed E-state index contributed by atoms with van der Waals surface area (Å²) < 4.78 is 20.0. The van der Waals surface area contributed by atoms with Crippen LogP contribution in [0.1, 0.15) is 43.2 Å². The van der Waals surface area contributed by atoms with Gasteiger partial charge in [0.05, 0.1) is 13.7 Å². The molecule has 1 aliphatic carbocycles. The second-order valence-corrected chi connectivity index (χ2v) is 9.97. The zero-order valence-electron chi connectivity index (χ0n) is 22.3. The molecule has 0 saturated heterocycles. The van der Waals surface area contributed by atoms with Gasteiger partial charge in [0.1, 0.15) is 5.82 Å². The van der Waals surface area contributed by atoms with Gasteiger partial charge in [0.25, 0.3) is 0 Å². The summed E-state index contributed by atoms with van der Waals surface area (Å²) in [7, 11) is 5.27. The minimum Gasteiger partial charge on any atom is -0.466 e. The summed E-state index contributed by atoms with van der Waals surface area (Å²) >= 11 is 0. The van der Waals surface area contributed by atoms with Crippen LogP contribution >= 0.6 is 0 Å². The number of carbonyl (C=O) groups is 2. The first-order valence-electron chi connectivity index (χ1n) is 13.1. The molecular formula is C32H35FN2O3. The van der Waals surface area contributed by atoms with Crippen molar-refractivity contribution in [2.75, 3.05) is 31.0 Å². The normalized spacial score (nSPS) is 13.9. The van der Waals surface area contributed by atoms with Crippen LogP contribution in [0.5, 0.6) is 0 Å². The molecule has 198 valence electrons. The number of hydrogen-bond donors (Lipinski definition) is 0. The molecule has 4 rings (SSSR count). The van der Waals surface area contributed by atoms with Crippen LogP contribution in [0.2, 0.25) is 0 Å². The van der Waals surface area contributed by atoms with Gasteiger partial charge in [-0.2, -0.15) is 0 Å². The first-order chi connectivity index (χ1) is 18.4. The standard InChI is InChI=1S/C32H35FN2O3/c1-34(2)27-16-14-25(15-17-27)29-18-12-24(21-30(29)33)22-35(32(37)26-9-5-4-6-10-26)28-11-7-8-23(20-28)13-19-31(36)38-3/h7-8,11-21,26H,4-6,9-10,22H2,1-3H3/b19-13+. The first-order valence-corrected chi connectivity index (χ1v) is 13.1. The Labute approximate surface area is 224 Å². The van der Waals surface area contributed by atoms with Gasteiger partial charge in [-0.05, 0) is 65.9 Å². The molecule has 0 heterocycles. The zero-order chi connectivity index (χ0) is 27.1. The van der Waals surface area contributed by atoms with Crippen LogP contribution in [0.15, 0.2) is 72.8 Å². The van der Waals surface area contributed by atoms with Crippen molar-refractivity contribution in [2.24, 2.45) is 5.92 Å². The summed E-state index contributed by atoms with van der Waals surface area (Å²) in [5.41, 5.74) is 4.59. The smallest absolute Gasteiger partial charge is 0.330 e. The molecule has 1 aliphatic rings. The summed E-state index contributed by atoms with van der Waals surface area (Å²) in [5, 5.41) is 0. The Hall–Kier alpha value is -3.93. The lowest BCUT2D eigenvalue weighted by molar-refractivity contribution is -0.134. The highest BCUT2D eigenvalue weighted by atomic mass is 19.1. The van der Waals surface area contributed by atoms with Gasteiger partial charge < -0.3 is 14.5 Å². The molecule has 3 aromatic rings. The van der Waals surface area contributed by atoms with Gasteiger partial charge >= 0.3 is 5.97 Å². The van der Waals surface area contributed by atoms with Crippen LogP contribution in [0.25, 0.3) is 17.2 Å². The fourth-order valence-corrected chi connectivity index (χ4v) is 4.91. The maximum atomic E-state index is 15.3. The number of methoxy groups -OCH3 is 1. The fourth-order valence-electron chi connectivity index (χ4n) is 4.91. The van der Waals surface area contributed by atoms with Crippen LogP contribution in [0, 0.1) is 11.7 Å². The van der Waals surface area contributed by atoms with E-state index >= 15 is 4.39 Å². The molecule has 0 N–H and O–H groups in total. The lowest BCUT2D eigenvalue weighted by Gasteiger charge is -2.30. The highest BCUT2D eigenvalue weighted by Gasteiger charge is 2.27. The van der Waals surface area contributed by atoms with E-state index in [2.05, 4.69) is 4.74 Å². The number of rotatable bonds is 8. The molecule has 0 aromatic heterocycles. The highest BCUT2D eigenvalue weighted by Crippen LogP contribution is 2.31. The number of carbonyl (C=O) groups excluding carboxylic acids is 2. The van der Waals surface area contributed by atoms with E-state index in [1.165, 1.54) is 19.3 Å². The van der Waals surface area contributed by atoms with Gasteiger partial charge in [0, 0.05) is 43.0 Å². The second kappa shape index (κ2) is 12.5. The molecule has 1 fully saturated rings. The van der Waals surface area contributed by atoms with Gasteiger partial charge in [-0.15, -0.1) is 0 Å². The third-order valence-corrected chi connectivity index (χ3v) is 7.08. The number of ether oxygens (including phenoxy) is 1. The lowest BCUT2D eigenvalue weighted by Crippen LogP contribution is -2.36. The van der Waals surface area contributed by atoms with Crippen LogP contribution in [0.3, 0.4) is 0 Å². The minimum atomic E-state index is -0.447. The Morgan fingerprint density at radius 2 is 1.68 bits per heavy atom. The van der Waals surface area contributed by atoms with E-state index in [0.717, 1.165) is 60.2 Å². The third-order valence-electron chi connectivity index (χ3n) is 7.08. The van der Waals surface area contributed by atoms with Gasteiger partial charge in [0.15, 0.2) is 0 Å². The summed E-state index contributed by atoms with van der Waals surface area (Å²) in [6.45, 7) is 0.260. The van der Waals surface area contributed by atoms with Crippen molar-refractivity contribution in [3.63, 3.8) is 0 Å². The summed E-state index contributed by atoms with van der Waals surface area (Å²) in [4.78, 5) is 29.0. The van der Waals surface area contributed by atoms with Crippen molar-refractivity contribution in [1.82, 2.24) is 0 Å². The highest BCUT2D eigenvalue weighted by molar-refractivity contribution is 5.95. The zero-order valence-corrected chi connectivity index (χ0v) is 22.3. The molecule has 0 aliphatic heterocycles. The number of amides is 1. The SMILES string of the molecule is COC(=O)/C=C/c1cccc(N(Cc2ccc(-c3ccc(N(C)C)cc3)c(F)c2)C(=O)C2CCCCC2)c1. The van der Waals surface area contributed by atoms with E-state index in [4.69, 9.17) is 0 Å². The number of anilines is 2. The Bertz CT molecular complexity index is 1290. The summed E-state index contributed by atoms with van der Waals surface area (Å²) in [5.74, 6) is -0.753. The summed E-state index contributed by atoms with van der Waals surface area (Å²) in [6, 6.07) is 20.4. The van der Waals surface area contributed by atoms with Crippen LogP contribution in [-0.2, 0) is 20.9 Å². The van der Waals surface area contributed by atoms with Crippen LogP contribution < -0.4 is 9.80 Å². The molecule has 1 amide bonds. The van der Waals surface area contributed by atoms with Crippen LogP contribution in [-0.4, -0.2) is 33.1 Å². The predicted molar refractivity (Wildman–Crippen MR) is 151 cm³/mol. The van der Waals surface area contributed by atoms with E-state index in [1.807, 2.05) is 73.6 Å². The first kappa shape index (κ1) is 27.1. The van der Waals surface area contributed by atoms with E-state index in [0.29, 0.717) is 5.56 Å². The molecule has 5 nitrogen and oxygen atoms in total. The largest absolute Gasteiger partial charge is 0.466 e. The van der Waals surface area contributed by atoms with Gasteiger partial charge in [-0.3, -0.25) is 4.79 Å². The lowest BCUT2D eigenvalue weighted by atomic mass is 9.88. The number of halogens is 1. The maximum absolute atomic E-state index is 15.3. The monoisotopic (exact) mass is 514 g/mol. The quantitative estimate of drug-likeness (QED) is 0.243. The van der Waals surface area contributed by atoms with Gasteiger partial charge in [-0.1, -0.05) is 55.7 Å². The van der Waals surface area contributed by atoms with E-state index in [1.54, 1.807) is 17.0 Å². The van der Waals surface area contributed by atoms with Crippen molar-refractivity contribution in [3.8, 4) is 11.1 Å². The van der Waals surface area contributed by atoms with Crippen molar-refractivity contribution >= 4 is 29.3 Å². The van der Waals surface area contributed by atoms with Crippen molar-refractivity contribution in [1.29, 1.82) is 0 Å². The molecular weight excluding hydrogens is 479 g/mol. The average molecular weight is 515 g/mol. The van der Waals surface area contributed by atoms with Gasteiger partial charge in [-0.25, -0.2) is 9.18 Å². The van der Waals surface area contributed by atoms with Crippen molar-refractivity contribution in [2.45, 2.75) is 38.6 Å². The van der Waals surface area contributed by atoms with E-state index in [9.17, 15) is 9.59 Å². The maximum Gasteiger partial charge on any atom is 0.330 e. The molecule has 3 aromatic carbocycles. The Morgan fingerprint density at radius 3 is 2.34 bits per heavy atom. The average Bonchev–Trinajstić information content (AvgIpc) is 2.95. The van der Waals surface area contributed by atoms with Crippen molar-refractivity contribution < 1.29 is 18.7 Å². The summed E-state index contributed by atoms with van der Waals surface area (Å²) in [6.07, 6.45) is 7.99. The second-order valence-electron chi connectivity index (χ2n) is 9.97. The Morgan fingerprint density at radius 1 is 0.947 bits per heavy atom. The molecule has 0 atom stereocenters. The Kier molecular flexibility index (Phi) is 8.95.